The number of carbonyl (C=O) groups is 1. The van der Waals surface area contributed by atoms with Crippen molar-refractivity contribution < 1.29 is 17.9 Å². The van der Waals surface area contributed by atoms with Crippen molar-refractivity contribution in [2.45, 2.75) is 44.2 Å². The lowest BCUT2D eigenvalue weighted by molar-refractivity contribution is -0.129. The summed E-state index contributed by atoms with van der Waals surface area (Å²) < 4.78 is 31.5. The van der Waals surface area contributed by atoms with Crippen LogP contribution >= 0.6 is 11.6 Å². The number of fused-ring (bicyclic) bond motifs is 3. The summed E-state index contributed by atoms with van der Waals surface area (Å²) in [6.45, 7) is 0.182. The second-order valence-corrected chi connectivity index (χ2v) is 9.98. The molecule has 4 rings (SSSR count). The fourth-order valence-electron chi connectivity index (χ4n) is 4.58. The minimum atomic E-state index is -3.49. The summed E-state index contributed by atoms with van der Waals surface area (Å²) in [5.41, 5.74) is 0.384. The molecule has 2 fully saturated rings. The van der Waals surface area contributed by atoms with E-state index in [9.17, 15) is 13.2 Å². The third-order valence-corrected chi connectivity index (χ3v) is 7.23. The van der Waals surface area contributed by atoms with Gasteiger partial charge in [-0.3, -0.25) is 9.10 Å². The standard InChI is InChI=1S/C18H23ClN2O4S/c1-26(23,24)21-7-6-17(25-16-5-4-13(19)10-15(16)21)18(22)20-14-9-11-2-3-12(14)8-11/h4-5,10-12,14,17H,2-3,6-9H2,1H3,(H,20,22). The first kappa shape index (κ1) is 17.9. The molecule has 4 atom stereocenters. The third kappa shape index (κ3) is 3.39. The van der Waals surface area contributed by atoms with Gasteiger partial charge in [-0.2, -0.15) is 0 Å². The quantitative estimate of drug-likeness (QED) is 0.849. The van der Waals surface area contributed by atoms with E-state index in [2.05, 4.69) is 5.32 Å². The van der Waals surface area contributed by atoms with Gasteiger partial charge in [0, 0.05) is 24.0 Å². The van der Waals surface area contributed by atoms with Crippen LogP contribution in [-0.4, -0.2) is 39.3 Å². The lowest BCUT2D eigenvalue weighted by Crippen LogP contribution is -2.46. The number of hydrogen-bond donors (Lipinski definition) is 1. The molecule has 1 heterocycles. The summed E-state index contributed by atoms with van der Waals surface area (Å²) in [6, 6.07) is 5.05. The van der Waals surface area contributed by atoms with Crippen LogP contribution in [0.5, 0.6) is 5.75 Å². The van der Waals surface area contributed by atoms with Crippen LogP contribution < -0.4 is 14.4 Å². The summed E-state index contributed by atoms with van der Waals surface area (Å²) in [5.74, 6) is 1.53. The highest BCUT2D eigenvalue weighted by atomic mass is 35.5. The molecule has 0 spiro atoms. The molecule has 0 radical (unpaired) electrons. The van der Waals surface area contributed by atoms with Gasteiger partial charge < -0.3 is 10.1 Å². The first-order valence-electron chi connectivity index (χ1n) is 9.05. The summed E-state index contributed by atoms with van der Waals surface area (Å²) >= 11 is 6.04. The molecule has 26 heavy (non-hydrogen) atoms. The van der Waals surface area contributed by atoms with Crippen LogP contribution in [0, 0.1) is 11.8 Å². The molecule has 1 amide bonds. The van der Waals surface area contributed by atoms with Gasteiger partial charge in [-0.05, 0) is 49.3 Å². The van der Waals surface area contributed by atoms with Crippen molar-refractivity contribution in [2.24, 2.45) is 11.8 Å². The average molecular weight is 399 g/mol. The maximum Gasteiger partial charge on any atom is 0.261 e. The maximum absolute atomic E-state index is 12.8. The summed E-state index contributed by atoms with van der Waals surface area (Å²) in [6.07, 6.45) is 5.45. The summed E-state index contributed by atoms with van der Waals surface area (Å²) in [4.78, 5) is 12.8. The van der Waals surface area contributed by atoms with Gasteiger partial charge >= 0.3 is 0 Å². The molecule has 1 aromatic carbocycles. The fraction of sp³-hybridized carbons (Fsp3) is 0.611. The predicted molar refractivity (Wildman–Crippen MR) is 100 cm³/mol. The van der Waals surface area contributed by atoms with Crippen LogP contribution in [0.15, 0.2) is 18.2 Å². The summed E-state index contributed by atoms with van der Waals surface area (Å²) in [5, 5.41) is 3.57. The Balaban J connectivity index is 1.54. The van der Waals surface area contributed by atoms with E-state index in [0.29, 0.717) is 28.8 Å². The molecule has 142 valence electrons. The number of sulfonamides is 1. The molecule has 2 bridgehead atoms. The molecule has 1 aromatic rings. The number of halogens is 1. The minimum Gasteiger partial charge on any atom is -0.478 e. The lowest BCUT2D eigenvalue weighted by atomic mass is 9.95. The number of carbonyl (C=O) groups excluding carboxylic acids is 1. The number of rotatable bonds is 3. The highest BCUT2D eigenvalue weighted by Crippen LogP contribution is 2.44. The van der Waals surface area contributed by atoms with E-state index in [1.807, 2.05) is 0 Å². The molecule has 6 nitrogen and oxygen atoms in total. The number of hydrogen-bond acceptors (Lipinski definition) is 4. The first-order valence-corrected chi connectivity index (χ1v) is 11.3. The number of anilines is 1. The number of ether oxygens (including phenoxy) is 1. The Morgan fingerprint density at radius 1 is 1.27 bits per heavy atom. The van der Waals surface area contributed by atoms with Crippen LogP contribution in [0.4, 0.5) is 5.69 Å². The van der Waals surface area contributed by atoms with E-state index in [-0.39, 0.29) is 18.5 Å². The van der Waals surface area contributed by atoms with Crippen molar-refractivity contribution in [3.8, 4) is 5.75 Å². The third-order valence-electron chi connectivity index (χ3n) is 5.81. The summed E-state index contributed by atoms with van der Waals surface area (Å²) in [7, 11) is -3.49. The van der Waals surface area contributed by atoms with E-state index in [4.69, 9.17) is 16.3 Å². The smallest absolute Gasteiger partial charge is 0.261 e. The monoisotopic (exact) mass is 398 g/mol. The Kier molecular flexibility index (Phi) is 4.55. The largest absolute Gasteiger partial charge is 0.478 e. The van der Waals surface area contributed by atoms with E-state index in [1.54, 1.807) is 18.2 Å². The molecule has 4 unspecified atom stereocenters. The van der Waals surface area contributed by atoms with Gasteiger partial charge in [-0.15, -0.1) is 0 Å². The maximum atomic E-state index is 12.8. The molecule has 1 N–H and O–H groups in total. The van der Waals surface area contributed by atoms with E-state index >= 15 is 0 Å². The highest BCUT2D eigenvalue weighted by Gasteiger charge is 2.41. The number of nitrogens with one attached hydrogen (secondary N) is 1. The van der Waals surface area contributed by atoms with Gasteiger partial charge in [0.05, 0.1) is 11.9 Å². The van der Waals surface area contributed by atoms with Crippen molar-refractivity contribution in [3.63, 3.8) is 0 Å². The van der Waals surface area contributed by atoms with Crippen LogP contribution in [0.1, 0.15) is 32.1 Å². The Hall–Kier alpha value is -1.47. The lowest BCUT2D eigenvalue weighted by Gasteiger charge is -2.25. The van der Waals surface area contributed by atoms with Crippen molar-refractivity contribution >= 4 is 33.2 Å². The van der Waals surface area contributed by atoms with E-state index in [1.165, 1.54) is 23.6 Å². The van der Waals surface area contributed by atoms with Gasteiger partial charge in [-0.25, -0.2) is 8.42 Å². The predicted octanol–water partition coefficient (Wildman–Crippen LogP) is 2.56. The normalized spacial score (nSPS) is 30.5. The minimum absolute atomic E-state index is 0.154. The number of nitrogens with zero attached hydrogens (tertiary/aromatic N) is 1. The zero-order chi connectivity index (χ0) is 18.5. The van der Waals surface area contributed by atoms with E-state index < -0.39 is 16.1 Å². The molecule has 8 heteroatoms. The van der Waals surface area contributed by atoms with Crippen LogP contribution in [-0.2, 0) is 14.8 Å². The van der Waals surface area contributed by atoms with Gasteiger partial charge in [0.2, 0.25) is 10.0 Å². The SMILES string of the molecule is CS(=O)(=O)N1CCC(C(=O)NC2CC3CCC2C3)Oc2ccc(Cl)cc21. The second-order valence-electron chi connectivity index (χ2n) is 7.63. The molecular weight excluding hydrogens is 376 g/mol. The Morgan fingerprint density at radius 2 is 2.08 bits per heavy atom. The molecule has 0 aromatic heterocycles. The Morgan fingerprint density at radius 3 is 2.73 bits per heavy atom. The van der Waals surface area contributed by atoms with Gasteiger partial charge in [0.25, 0.3) is 5.91 Å². The number of benzene rings is 1. The highest BCUT2D eigenvalue weighted by molar-refractivity contribution is 7.92. The van der Waals surface area contributed by atoms with Gasteiger partial charge in [-0.1, -0.05) is 18.0 Å². The molecule has 3 aliphatic rings. The van der Waals surface area contributed by atoms with Crippen molar-refractivity contribution in [1.29, 1.82) is 0 Å². The fourth-order valence-corrected chi connectivity index (χ4v) is 5.68. The average Bonchev–Trinajstić information content (AvgIpc) is 3.11. The zero-order valence-electron chi connectivity index (χ0n) is 14.7. The van der Waals surface area contributed by atoms with Gasteiger partial charge in [0.15, 0.2) is 6.10 Å². The van der Waals surface area contributed by atoms with Gasteiger partial charge in [0.1, 0.15) is 5.75 Å². The topological polar surface area (TPSA) is 75.7 Å². The molecular formula is C18H23ClN2O4S. The molecule has 2 saturated carbocycles. The molecule has 1 aliphatic heterocycles. The molecule has 0 saturated heterocycles. The van der Waals surface area contributed by atoms with Crippen molar-refractivity contribution in [2.75, 3.05) is 17.1 Å². The Bertz CT molecular complexity index is 828. The first-order chi connectivity index (χ1) is 12.3. The Labute approximate surface area is 158 Å². The number of amides is 1. The second kappa shape index (κ2) is 6.60. The van der Waals surface area contributed by atoms with E-state index in [0.717, 1.165) is 18.6 Å². The van der Waals surface area contributed by atoms with Crippen molar-refractivity contribution in [1.82, 2.24) is 5.32 Å². The van der Waals surface area contributed by atoms with Crippen LogP contribution in [0.2, 0.25) is 5.02 Å². The van der Waals surface area contributed by atoms with Crippen LogP contribution in [0.25, 0.3) is 0 Å². The zero-order valence-corrected chi connectivity index (χ0v) is 16.2. The molecule has 2 aliphatic carbocycles. The van der Waals surface area contributed by atoms with Crippen molar-refractivity contribution in [3.05, 3.63) is 23.2 Å². The van der Waals surface area contributed by atoms with Crippen LogP contribution in [0.3, 0.4) is 0 Å².